The van der Waals surface area contributed by atoms with E-state index in [2.05, 4.69) is 20.3 Å². The van der Waals surface area contributed by atoms with Gasteiger partial charge in [0, 0.05) is 12.4 Å². The molecule has 1 aromatic rings. The second-order valence-electron chi connectivity index (χ2n) is 2.22. The number of nitrogens with zero attached hydrogens (tertiary/aromatic N) is 2. The van der Waals surface area contributed by atoms with Gasteiger partial charge in [0.15, 0.2) is 5.13 Å². The van der Waals surface area contributed by atoms with E-state index in [9.17, 15) is 4.79 Å². The van der Waals surface area contributed by atoms with E-state index in [0.29, 0.717) is 5.13 Å². The topological polar surface area (TPSA) is 83.8 Å². The number of carboxylic acids is 1. The Morgan fingerprint density at radius 2 is 2.50 bits per heavy atom. The molecule has 0 aliphatic rings. The van der Waals surface area contributed by atoms with Crippen molar-refractivity contribution in [3.8, 4) is 0 Å². The normalized spacial score (nSPS) is 11.1. The Bertz CT molecular complexity index is 361. The lowest BCUT2D eigenvalue weighted by Crippen LogP contribution is -2.15. The van der Waals surface area contributed by atoms with Gasteiger partial charge in [-0.15, -0.1) is 11.3 Å². The molecule has 1 aromatic heterocycles. The summed E-state index contributed by atoms with van der Waals surface area (Å²) in [5.74, 6) is -1.17. The van der Waals surface area contributed by atoms with Crippen molar-refractivity contribution in [3.05, 3.63) is 11.1 Å². The van der Waals surface area contributed by atoms with Gasteiger partial charge in [0.2, 0.25) is 5.71 Å². The van der Waals surface area contributed by atoms with Crippen LogP contribution in [-0.2, 0) is 9.63 Å². The van der Waals surface area contributed by atoms with Crippen molar-refractivity contribution in [1.29, 1.82) is 0 Å². The molecular weight excluding hydrogens is 206 g/mol. The molecule has 7 heteroatoms. The minimum atomic E-state index is -1.17. The molecule has 0 fully saturated rings. The Hall–Kier alpha value is -1.63. The second-order valence-corrected chi connectivity index (χ2v) is 3.07. The maximum absolute atomic E-state index is 10.7. The summed E-state index contributed by atoms with van der Waals surface area (Å²) in [6, 6.07) is 0. The van der Waals surface area contributed by atoms with Crippen molar-refractivity contribution in [2.24, 2.45) is 5.16 Å². The summed E-state index contributed by atoms with van der Waals surface area (Å²) in [6.07, 6.45) is 0. The van der Waals surface area contributed by atoms with Crippen LogP contribution in [0.25, 0.3) is 0 Å². The molecule has 0 aliphatic heterocycles. The molecule has 1 rings (SSSR count). The van der Waals surface area contributed by atoms with Gasteiger partial charge in [0.1, 0.15) is 12.8 Å². The summed E-state index contributed by atoms with van der Waals surface area (Å²) in [7, 11) is 2.99. The summed E-state index contributed by atoms with van der Waals surface area (Å²) in [5.41, 5.74) is 0.0824. The molecule has 0 saturated heterocycles. The highest BCUT2D eigenvalue weighted by atomic mass is 32.1. The van der Waals surface area contributed by atoms with Gasteiger partial charge < -0.3 is 15.3 Å². The highest BCUT2D eigenvalue weighted by Crippen LogP contribution is 2.15. The van der Waals surface area contributed by atoms with Crippen LogP contribution in [0.3, 0.4) is 0 Å². The highest BCUT2D eigenvalue weighted by Gasteiger charge is 2.16. The van der Waals surface area contributed by atoms with Gasteiger partial charge in [0.05, 0.1) is 0 Å². The first-order valence-electron chi connectivity index (χ1n) is 3.67. The van der Waals surface area contributed by atoms with E-state index in [1.54, 1.807) is 12.4 Å². The van der Waals surface area contributed by atoms with Crippen LogP contribution in [0.1, 0.15) is 5.69 Å². The number of oxime groups is 1. The molecule has 0 radical (unpaired) electrons. The molecule has 0 aromatic carbocycles. The van der Waals surface area contributed by atoms with E-state index < -0.39 is 5.97 Å². The molecular formula is C7H9N3O3S. The molecule has 1 heterocycles. The minimum Gasteiger partial charge on any atom is -0.476 e. The number of thiazole rings is 1. The van der Waals surface area contributed by atoms with Gasteiger partial charge in [0.25, 0.3) is 0 Å². The van der Waals surface area contributed by atoms with E-state index in [0.717, 1.165) is 0 Å². The molecule has 2 N–H and O–H groups in total. The number of hydrogen-bond acceptors (Lipinski definition) is 6. The van der Waals surface area contributed by atoms with Crippen molar-refractivity contribution in [2.75, 3.05) is 19.5 Å². The van der Waals surface area contributed by atoms with Gasteiger partial charge in [-0.3, -0.25) is 0 Å². The minimum absolute atomic E-state index is 0.203. The van der Waals surface area contributed by atoms with Crippen LogP contribution in [0.4, 0.5) is 5.13 Å². The Kier molecular flexibility index (Phi) is 3.41. The van der Waals surface area contributed by atoms with Crippen molar-refractivity contribution in [1.82, 2.24) is 4.98 Å². The lowest BCUT2D eigenvalue weighted by Gasteiger charge is -1.95. The monoisotopic (exact) mass is 215 g/mol. The fourth-order valence-corrected chi connectivity index (χ4v) is 1.44. The summed E-state index contributed by atoms with van der Waals surface area (Å²) in [4.78, 5) is 19.1. The number of anilines is 1. The smallest absolute Gasteiger partial charge is 0.360 e. The second kappa shape index (κ2) is 4.56. The van der Waals surface area contributed by atoms with Crippen LogP contribution in [-0.4, -0.2) is 35.9 Å². The van der Waals surface area contributed by atoms with Gasteiger partial charge in [-0.25, -0.2) is 9.78 Å². The molecule has 76 valence electrons. The molecule has 0 aliphatic carbocycles. The zero-order valence-electron chi connectivity index (χ0n) is 7.64. The lowest BCUT2D eigenvalue weighted by atomic mass is 10.3. The largest absolute Gasteiger partial charge is 0.476 e. The number of aromatic nitrogens is 1. The molecule has 0 spiro atoms. The first-order chi connectivity index (χ1) is 6.69. The van der Waals surface area contributed by atoms with Crippen LogP contribution in [0.2, 0.25) is 0 Å². The highest BCUT2D eigenvalue weighted by molar-refractivity contribution is 7.14. The van der Waals surface area contributed by atoms with Crippen LogP contribution >= 0.6 is 11.3 Å². The number of nitrogens with one attached hydrogen (secondary N) is 1. The van der Waals surface area contributed by atoms with Gasteiger partial charge in [-0.2, -0.15) is 0 Å². The van der Waals surface area contributed by atoms with Gasteiger partial charge in [-0.05, 0) is 0 Å². The van der Waals surface area contributed by atoms with Crippen LogP contribution in [0.5, 0.6) is 0 Å². The number of hydrogen-bond donors (Lipinski definition) is 2. The average molecular weight is 215 g/mol. The Balaban J connectivity index is 3.00. The van der Waals surface area contributed by atoms with Crippen LogP contribution < -0.4 is 5.32 Å². The molecule has 14 heavy (non-hydrogen) atoms. The number of carboxylic acid groups (broad SMARTS) is 1. The summed E-state index contributed by atoms with van der Waals surface area (Å²) < 4.78 is 0. The van der Waals surface area contributed by atoms with E-state index >= 15 is 0 Å². The van der Waals surface area contributed by atoms with Crippen molar-refractivity contribution < 1.29 is 14.7 Å². The summed E-state index contributed by atoms with van der Waals surface area (Å²) in [5, 5.41) is 17.2. The SMILES string of the molecule is CNc1nc(C(=NOC)C(=O)O)cs1. The maximum Gasteiger partial charge on any atom is 0.360 e. The number of aliphatic carboxylic acids is 1. The fourth-order valence-electron chi connectivity index (χ4n) is 0.784. The summed E-state index contributed by atoms with van der Waals surface area (Å²) >= 11 is 1.30. The van der Waals surface area contributed by atoms with Crippen molar-refractivity contribution in [3.63, 3.8) is 0 Å². The van der Waals surface area contributed by atoms with E-state index in [-0.39, 0.29) is 11.4 Å². The Morgan fingerprint density at radius 1 is 1.79 bits per heavy atom. The zero-order chi connectivity index (χ0) is 10.6. The van der Waals surface area contributed by atoms with E-state index in [1.807, 2.05) is 0 Å². The van der Waals surface area contributed by atoms with E-state index in [1.165, 1.54) is 18.4 Å². The molecule has 6 nitrogen and oxygen atoms in total. The third-order valence-electron chi connectivity index (χ3n) is 1.35. The lowest BCUT2D eigenvalue weighted by molar-refractivity contribution is -0.129. The number of rotatable bonds is 4. The average Bonchev–Trinajstić information content (AvgIpc) is 2.61. The Labute approximate surface area is 84.2 Å². The van der Waals surface area contributed by atoms with Crippen molar-refractivity contribution >= 4 is 28.1 Å². The summed E-state index contributed by atoms with van der Waals surface area (Å²) in [6.45, 7) is 0. The predicted molar refractivity (Wildman–Crippen MR) is 52.8 cm³/mol. The predicted octanol–water partition coefficient (Wildman–Crippen LogP) is 0.620. The fraction of sp³-hybridized carbons (Fsp3) is 0.286. The molecule has 0 amide bonds. The first kappa shape index (κ1) is 10.5. The molecule has 0 unspecified atom stereocenters. The van der Waals surface area contributed by atoms with E-state index in [4.69, 9.17) is 5.11 Å². The standard InChI is InChI=1S/C7H9N3O3S/c1-8-7-9-4(3-14-7)5(6(11)12)10-13-2/h3H,1-2H3,(H,8,9)(H,11,12). The molecule has 0 atom stereocenters. The molecule has 0 saturated carbocycles. The van der Waals surface area contributed by atoms with Crippen LogP contribution in [0, 0.1) is 0 Å². The van der Waals surface area contributed by atoms with Gasteiger partial charge in [-0.1, -0.05) is 5.16 Å². The third-order valence-corrected chi connectivity index (χ3v) is 2.21. The third kappa shape index (κ3) is 2.19. The Morgan fingerprint density at radius 3 is 2.93 bits per heavy atom. The van der Waals surface area contributed by atoms with Crippen molar-refractivity contribution in [2.45, 2.75) is 0 Å². The zero-order valence-corrected chi connectivity index (χ0v) is 8.46. The molecule has 0 bridgehead atoms. The first-order valence-corrected chi connectivity index (χ1v) is 4.55. The van der Waals surface area contributed by atoms with Gasteiger partial charge >= 0.3 is 5.97 Å². The van der Waals surface area contributed by atoms with Crippen LogP contribution in [0.15, 0.2) is 10.5 Å². The number of carbonyl (C=O) groups is 1. The quantitative estimate of drug-likeness (QED) is 0.568. The maximum atomic E-state index is 10.7.